The van der Waals surface area contributed by atoms with E-state index in [1.165, 1.54) is 4.90 Å². The number of H-pyrrole nitrogens is 1. The third-order valence-electron chi connectivity index (χ3n) is 4.93. The first-order chi connectivity index (χ1) is 13.7. The Kier molecular flexibility index (Phi) is 4.56. The van der Waals surface area contributed by atoms with Crippen molar-refractivity contribution in [2.45, 2.75) is 32.1 Å². The lowest BCUT2D eigenvalue weighted by atomic mass is 10.0. The molecule has 4 rings (SSSR count). The molecule has 2 aromatic heterocycles. The van der Waals surface area contributed by atoms with Crippen LogP contribution in [0.2, 0.25) is 0 Å². The van der Waals surface area contributed by atoms with E-state index in [0.29, 0.717) is 29.9 Å². The summed E-state index contributed by atoms with van der Waals surface area (Å²) in [5.41, 5.74) is 2.01. The number of benzene rings is 1. The highest BCUT2D eigenvalue weighted by Crippen LogP contribution is 2.26. The van der Waals surface area contributed by atoms with Crippen molar-refractivity contribution >= 4 is 22.7 Å². The standard InChI is InChI=1S/C19H17F3N4O3/c1-10(19(20,21)22)23-17(27)16-12-9-26(7-6-14(12)25-29-16)18(28)15-8-11-4-2-3-5-13(11)24-15/h2-5,8,10,24H,6-7,9H2,1H3,(H,23,27). The van der Waals surface area contributed by atoms with Gasteiger partial charge in [-0.3, -0.25) is 9.59 Å². The average Bonchev–Trinajstić information content (AvgIpc) is 3.30. The van der Waals surface area contributed by atoms with Crippen molar-refractivity contribution in [3.05, 3.63) is 53.0 Å². The molecule has 1 atom stereocenters. The van der Waals surface area contributed by atoms with Crippen LogP contribution >= 0.6 is 0 Å². The number of hydrogen-bond donors (Lipinski definition) is 2. The first kappa shape index (κ1) is 19.0. The molecular weight excluding hydrogens is 389 g/mol. The van der Waals surface area contributed by atoms with Gasteiger partial charge in [0.25, 0.3) is 11.8 Å². The van der Waals surface area contributed by atoms with Crippen LogP contribution in [0.1, 0.15) is 39.2 Å². The van der Waals surface area contributed by atoms with Gasteiger partial charge in [-0.25, -0.2) is 0 Å². The number of fused-ring (bicyclic) bond motifs is 2. The summed E-state index contributed by atoms with van der Waals surface area (Å²) in [6.45, 7) is 1.22. The average molecular weight is 406 g/mol. The van der Waals surface area contributed by atoms with Crippen molar-refractivity contribution in [1.29, 1.82) is 0 Å². The van der Waals surface area contributed by atoms with Gasteiger partial charge in [0, 0.05) is 29.4 Å². The van der Waals surface area contributed by atoms with Crippen molar-refractivity contribution in [2.24, 2.45) is 0 Å². The molecule has 3 aromatic rings. The molecule has 10 heteroatoms. The summed E-state index contributed by atoms with van der Waals surface area (Å²) in [5, 5.41) is 6.53. The van der Waals surface area contributed by atoms with E-state index in [1.807, 2.05) is 29.6 Å². The maximum absolute atomic E-state index is 12.9. The van der Waals surface area contributed by atoms with Gasteiger partial charge in [-0.15, -0.1) is 0 Å². The fourth-order valence-electron chi connectivity index (χ4n) is 3.27. The zero-order valence-electron chi connectivity index (χ0n) is 15.3. The van der Waals surface area contributed by atoms with E-state index in [4.69, 9.17) is 4.52 Å². The molecule has 0 bridgehead atoms. The second-order valence-corrected chi connectivity index (χ2v) is 6.92. The lowest BCUT2D eigenvalue weighted by Crippen LogP contribution is -2.43. The van der Waals surface area contributed by atoms with Gasteiger partial charge in [0.1, 0.15) is 11.7 Å². The Morgan fingerprint density at radius 3 is 2.79 bits per heavy atom. The number of amides is 2. The minimum absolute atomic E-state index is 0.0240. The second-order valence-electron chi connectivity index (χ2n) is 6.92. The number of hydrogen-bond acceptors (Lipinski definition) is 4. The van der Waals surface area contributed by atoms with Crippen molar-refractivity contribution in [3.63, 3.8) is 0 Å². The monoisotopic (exact) mass is 406 g/mol. The molecule has 0 radical (unpaired) electrons. The van der Waals surface area contributed by atoms with Crippen LogP contribution < -0.4 is 5.32 Å². The maximum atomic E-state index is 12.9. The minimum Gasteiger partial charge on any atom is -0.351 e. The van der Waals surface area contributed by atoms with Crippen LogP contribution in [0.15, 0.2) is 34.9 Å². The van der Waals surface area contributed by atoms with Crippen molar-refractivity contribution in [2.75, 3.05) is 6.54 Å². The number of halogens is 3. The van der Waals surface area contributed by atoms with Crippen LogP contribution in [-0.2, 0) is 13.0 Å². The summed E-state index contributed by atoms with van der Waals surface area (Å²) in [4.78, 5) is 29.7. The molecular formula is C19H17F3N4O3. The SMILES string of the molecule is CC(NC(=O)c1onc2c1CN(C(=O)c1cc3ccccc3[nH]1)CC2)C(F)(F)F. The van der Waals surface area contributed by atoms with E-state index in [2.05, 4.69) is 10.1 Å². The Balaban J connectivity index is 1.54. The lowest BCUT2D eigenvalue weighted by Gasteiger charge is -2.26. The Bertz CT molecular complexity index is 1050. The zero-order valence-corrected chi connectivity index (χ0v) is 15.3. The lowest BCUT2D eigenvalue weighted by molar-refractivity contribution is -0.149. The van der Waals surface area contributed by atoms with Crippen LogP contribution in [0.25, 0.3) is 10.9 Å². The first-order valence-electron chi connectivity index (χ1n) is 8.96. The summed E-state index contributed by atoms with van der Waals surface area (Å²) in [5.74, 6) is -1.59. The number of aromatic nitrogens is 2. The molecule has 0 fully saturated rings. The van der Waals surface area contributed by atoms with Crippen LogP contribution in [0.3, 0.4) is 0 Å². The molecule has 1 aromatic carbocycles. The molecule has 152 valence electrons. The Morgan fingerprint density at radius 2 is 2.07 bits per heavy atom. The molecule has 0 saturated heterocycles. The van der Waals surface area contributed by atoms with Gasteiger partial charge in [-0.1, -0.05) is 23.4 Å². The molecule has 0 saturated carbocycles. The third kappa shape index (κ3) is 3.57. The molecule has 2 N–H and O–H groups in total. The van der Waals surface area contributed by atoms with Crippen LogP contribution in [0.4, 0.5) is 13.2 Å². The summed E-state index contributed by atoms with van der Waals surface area (Å²) in [6, 6.07) is 7.14. The highest BCUT2D eigenvalue weighted by molar-refractivity contribution is 5.98. The Hall–Kier alpha value is -3.30. The van der Waals surface area contributed by atoms with E-state index in [1.54, 1.807) is 6.07 Å². The van der Waals surface area contributed by atoms with E-state index < -0.39 is 18.1 Å². The second kappa shape index (κ2) is 6.94. The van der Waals surface area contributed by atoms with E-state index >= 15 is 0 Å². The number of carbonyl (C=O) groups excluding carboxylic acids is 2. The number of carbonyl (C=O) groups is 2. The summed E-state index contributed by atoms with van der Waals surface area (Å²) < 4.78 is 43.1. The number of nitrogens with zero attached hydrogens (tertiary/aromatic N) is 2. The topological polar surface area (TPSA) is 91.2 Å². The molecule has 0 aliphatic carbocycles. The number of nitrogens with one attached hydrogen (secondary N) is 2. The molecule has 1 aliphatic rings. The Labute approximate surface area is 162 Å². The third-order valence-corrected chi connectivity index (χ3v) is 4.93. The fourth-order valence-corrected chi connectivity index (χ4v) is 3.27. The van der Waals surface area contributed by atoms with Gasteiger partial charge < -0.3 is 19.7 Å². The summed E-state index contributed by atoms with van der Waals surface area (Å²) in [7, 11) is 0. The molecule has 7 nitrogen and oxygen atoms in total. The number of para-hydroxylation sites is 1. The largest absolute Gasteiger partial charge is 0.408 e. The van der Waals surface area contributed by atoms with E-state index in [-0.39, 0.29) is 18.2 Å². The van der Waals surface area contributed by atoms with E-state index in [0.717, 1.165) is 17.8 Å². The van der Waals surface area contributed by atoms with Gasteiger partial charge in [-0.05, 0) is 19.1 Å². The maximum Gasteiger partial charge on any atom is 0.408 e. The van der Waals surface area contributed by atoms with Crippen LogP contribution in [0, 0.1) is 0 Å². The van der Waals surface area contributed by atoms with Gasteiger partial charge >= 0.3 is 6.18 Å². The van der Waals surface area contributed by atoms with Crippen molar-refractivity contribution in [1.82, 2.24) is 20.4 Å². The smallest absolute Gasteiger partial charge is 0.351 e. The Morgan fingerprint density at radius 1 is 1.31 bits per heavy atom. The van der Waals surface area contributed by atoms with Gasteiger partial charge in [0.2, 0.25) is 5.76 Å². The number of rotatable bonds is 3. The number of aromatic amines is 1. The highest BCUT2D eigenvalue weighted by Gasteiger charge is 2.39. The minimum atomic E-state index is -4.58. The van der Waals surface area contributed by atoms with E-state index in [9.17, 15) is 22.8 Å². The van der Waals surface area contributed by atoms with Gasteiger partial charge in [0.05, 0.1) is 12.2 Å². The zero-order chi connectivity index (χ0) is 20.8. The predicted molar refractivity (Wildman–Crippen MR) is 96.2 cm³/mol. The van der Waals surface area contributed by atoms with Crippen molar-refractivity contribution in [3.8, 4) is 0 Å². The fraction of sp³-hybridized carbons (Fsp3) is 0.316. The van der Waals surface area contributed by atoms with Gasteiger partial charge in [-0.2, -0.15) is 13.2 Å². The van der Waals surface area contributed by atoms with Gasteiger partial charge in [0.15, 0.2) is 0 Å². The molecule has 1 aliphatic heterocycles. The molecule has 3 heterocycles. The number of alkyl halides is 3. The van der Waals surface area contributed by atoms with Crippen LogP contribution in [0.5, 0.6) is 0 Å². The molecule has 2 amide bonds. The highest BCUT2D eigenvalue weighted by atomic mass is 19.4. The first-order valence-corrected chi connectivity index (χ1v) is 8.96. The molecule has 1 unspecified atom stereocenters. The predicted octanol–water partition coefficient (Wildman–Crippen LogP) is 3.04. The summed E-state index contributed by atoms with van der Waals surface area (Å²) >= 11 is 0. The quantitative estimate of drug-likeness (QED) is 0.700. The molecule has 29 heavy (non-hydrogen) atoms. The van der Waals surface area contributed by atoms with Crippen molar-refractivity contribution < 1.29 is 27.3 Å². The normalized spacial score (nSPS) is 15.2. The van der Waals surface area contributed by atoms with Crippen LogP contribution in [-0.4, -0.2) is 45.6 Å². The molecule has 0 spiro atoms. The summed E-state index contributed by atoms with van der Waals surface area (Å²) in [6.07, 6.45) is -4.24.